The maximum absolute atomic E-state index is 13.2. The number of benzene rings is 2. The number of aromatic carboxylic acids is 1. The quantitative estimate of drug-likeness (QED) is 0.149. The van der Waals surface area contributed by atoms with Crippen LogP contribution in [0.2, 0.25) is 0 Å². The van der Waals surface area contributed by atoms with Crippen molar-refractivity contribution >= 4 is 33.9 Å². The molecule has 10 nitrogen and oxygen atoms in total. The summed E-state index contributed by atoms with van der Waals surface area (Å²) in [6, 6.07) is 14.7. The van der Waals surface area contributed by atoms with Crippen molar-refractivity contribution in [2.24, 2.45) is 0 Å². The monoisotopic (exact) mass is 684 g/mol. The second-order valence-corrected chi connectivity index (χ2v) is 9.91. The van der Waals surface area contributed by atoms with E-state index in [1.165, 1.54) is 48.5 Å². The summed E-state index contributed by atoms with van der Waals surface area (Å²) in [7, 11) is 1.14. The van der Waals surface area contributed by atoms with Gasteiger partial charge in [-0.15, -0.1) is 0 Å². The lowest BCUT2D eigenvalue weighted by molar-refractivity contribution is -0.141. The molecular weight excluding hydrogens is 666 g/mol. The Balaban J connectivity index is 0.000000191. The second-order valence-electron chi connectivity index (χ2n) is 9.91. The first-order chi connectivity index (χ1) is 23.1. The molecule has 0 spiro atoms. The molecule has 0 radical (unpaired) electrons. The van der Waals surface area contributed by atoms with Gasteiger partial charge in [-0.3, -0.25) is 19.6 Å². The van der Waals surface area contributed by atoms with E-state index < -0.39 is 63.4 Å². The molecule has 0 amide bonds. The Kier molecular flexibility index (Phi) is 9.07. The number of esters is 1. The fourth-order valence-corrected chi connectivity index (χ4v) is 4.72. The number of rotatable bonds is 4. The number of hydrogen-bond acceptors (Lipinski definition) is 9. The van der Waals surface area contributed by atoms with Gasteiger partial charge in [0.05, 0.1) is 17.9 Å². The van der Waals surface area contributed by atoms with Gasteiger partial charge in [0.25, 0.3) is 0 Å². The molecule has 6 aromatic rings. The summed E-state index contributed by atoms with van der Waals surface area (Å²) in [5.41, 5.74) is -5.28. The van der Waals surface area contributed by atoms with Crippen LogP contribution >= 0.6 is 0 Å². The molecule has 0 aliphatic heterocycles. The van der Waals surface area contributed by atoms with E-state index >= 15 is 0 Å². The van der Waals surface area contributed by atoms with Crippen molar-refractivity contribution in [1.82, 2.24) is 9.97 Å². The number of carbonyl (C=O) groups excluding carboxylic acids is 1. The topological polar surface area (TPSA) is 150 Å². The van der Waals surface area contributed by atoms with E-state index in [-0.39, 0.29) is 38.8 Å². The molecule has 0 aliphatic carbocycles. The Hall–Kier alpha value is -6.32. The highest BCUT2D eigenvalue weighted by molar-refractivity contribution is 6.02. The number of aromatic nitrogens is 2. The van der Waals surface area contributed by atoms with Gasteiger partial charge >= 0.3 is 24.3 Å². The minimum Gasteiger partial charge on any atom is -0.478 e. The molecule has 0 saturated carbocycles. The van der Waals surface area contributed by atoms with Crippen LogP contribution in [0.3, 0.4) is 0 Å². The van der Waals surface area contributed by atoms with Gasteiger partial charge in [-0.2, -0.15) is 26.3 Å². The maximum Gasteiger partial charge on any atom is 0.434 e. The van der Waals surface area contributed by atoms with Crippen molar-refractivity contribution in [3.63, 3.8) is 0 Å². The SMILES string of the molecule is COC(=O)c1cccc2c(=O)cc(-c3cccnc3C(F)(F)F)oc12.O=C(O)c1cccc2c(=O)cc(-c3cccnc3C(F)(F)F)oc12. The van der Waals surface area contributed by atoms with Crippen LogP contribution in [0, 0.1) is 0 Å². The van der Waals surface area contributed by atoms with Gasteiger partial charge in [0.15, 0.2) is 33.4 Å². The molecule has 0 fully saturated rings. The number of fused-ring (bicyclic) bond motifs is 2. The highest BCUT2D eigenvalue weighted by Crippen LogP contribution is 2.37. The number of nitrogens with zero attached hydrogens (tertiary/aromatic N) is 2. The molecule has 0 saturated heterocycles. The highest BCUT2D eigenvalue weighted by Gasteiger charge is 2.37. The number of carboxylic acids is 1. The predicted octanol–water partition coefficient (Wildman–Crippen LogP) is 7.23. The molecule has 0 atom stereocenters. The summed E-state index contributed by atoms with van der Waals surface area (Å²) < 4.78 is 94.1. The third-order valence-electron chi connectivity index (χ3n) is 6.83. The molecule has 2 aromatic carbocycles. The minimum absolute atomic E-state index is 0.0314. The van der Waals surface area contributed by atoms with Crippen LogP contribution in [0.1, 0.15) is 32.1 Å². The molecule has 1 N–H and O–H groups in total. The highest BCUT2D eigenvalue weighted by atomic mass is 19.4. The van der Waals surface area contributed by atoms with Gasteiger partial charge in [-0.05, 0) is 48.5 Å². The molecule has 0 aliphatic rings. The van der Waals surface area contributed by atoms with Gasteiger partial charge in [0.2, 0.25) is 0 Å². The van der Waals surface area contributed by atoms with E-state index in [4.69, 9.17) is 13.9 Å². The van der Waals surface area contributed by atoms with Crippen molar-refractivity contribution in [1.29, 1.82) is 0 Å². The average molecular weight is 685 g/mol. The third-order valence-corrected chi connectivity index (χ3v) is 6.83. The number of carboxylic acid groups (broad SMARTS) is 1. The van der Waals surface area contributed by atoms with E-state index in [9.17, 15) is 45.5 Å². The first-order valence-corrected chi connectivity index (χ1v) is 13.6. The number of methoxy groups -OCH3 is 1. The van der Waals surface area contributed by atoms with Crippen LogP contribution in [-0.2, 0) is 17.1 Å². The van der Waals surface area contributed by atoms with E-state index in [1.807, 2.05) is 0 Å². The summed E-state index contributed by atoms with van der Waals surface area (Å²) in [5.74, 6) is -2.87. The van der Waals surface area contributed by atoms with Crippen LogP contribution in [0.15, 0.2) is 104 Å². The lowest BCUT2D eigenvalue weighted by Gasteiger charge is -2.11. The molecule has 250 valence electrons. The standard InChI is InChI=1S/C17H10F3NO4.C16H8F3NO4/c1-24-16(23)11-5-2-4-9-12(22)8-13(25-14(9)11)10-6-3-7-21-15(10)17(18,19)20;17-16(18,19)14-9(5-2-6-20-14)12-7-11(21)8-3-1-4-10(15(22)23)13(8)24-12/h2-8H,1H3;1-7H,(H,22,23). The van der Waals surface area contributed by atoms with Crippen molar-refractivity contribution in [3.8, 4) is 22.6 Å². The van der Waals surface area contributed by atoms with Gasteiger partial charge in [-0.1, -0.05) is 12.1 Å². The molecule has 16 heteroatoms. The van der Waals surface area contributed by atoms with Crippen molar-refractivity contribution < 1.29 is 54.6 Å². The smallest absolute Gasteiger partial charge is 0.434 e. The molecule has 0 bridgehead atoms. The van der Waals surface area contributed by atoms with E-state index in [1.54, 1.807) is 0 Å². The Labute approximate surface area is 268 Å². The third kappa shape index (κ3) is 6.88. The Morgan fingerprint density at radius 1 is 0.673 bits per heavy atom. The summed E-state index contributed by atoms with van der Waals surface area (Å²) in [5, 5.41) is 9.19. The molecular formula is C33H18F6N2O8. The Bertz CT molecular complexity index is 2360. The van der Waals surface area contributed by atoms with Crippen molar-refractivity contribution in [3.05, 3.63) is 128 Å². The molecule has 0 unspecified atom stereocenters. The second kappa shape index (κ2) is 13.1. The number of pyridine rings is 2. The number of ether oxygens (including phenoxy) is 1. The zero-order valence-electron chi connectivity index (χ0n) is 24.6. The predicted molar refractivity (Wildman–Crippen MR) is 160 cm³/mol. The van der Waals surface area contributed by atoms with Gasteiger partial charge in [0.1, 0.15) is 22.6 Å². The number of alkyl halides is 6. The zero-order chi connectivity index (χ0) is 35.7. The van der Waals surface area contributed by atoms with E-state index in [0.29, 0.717) is 0 Å². The number of hydrogen-bond donors (Lipinski definition) is 1. The van der Waals surface area contributed by atoms with Crippen LogP contribution in [0.5, 0.6) is 0 Å². The van der Waals surface area contributed by atoms with E-state index in [2.05, 4.69) is 14.7 Å². The normalized spacial score (nSPS) is 11.6. The molecule has 49 heavy (non-hydrogen) atoms. The average Bonchev–Trinajstić information content (AvgIpc) is 3.07. The lowest BCUT2D eigenvalue weighted by Crippen LogP contribution is -2.11. The first kappa shape index (κ1) is 34.0. The van der Waals surface area contributed by atoms with Crippen LogP contribution in [-0.4, -0.2) is 34.1 Å². The molecule has 4 heterocycles. The van der Waals surface area contributed by atoms with Crippen molar-refractivity contribution in [2.75, 3.05) is 7.11 Å². The lowest BCUT2D eigenvalue weighted by atomic mass is 10.1. The first-order valence-electron chi connectivity index (χ1n) is 13.6. The molecule has 4 aromatic heterocycles. The van der Waals surface area contributed by atoms with Crippen LogP contribution in [0.25, 0.3) is 44.6 Å². The summed E-state index contributed by atoms with van der Waals surface area (Å²) in [4.78, 5) is 54.1. The Morgan fingerprint density at radius 2 is 1.10 bits per heavy atom. The summed E-state index contributed by atoms with van der Waals surface area (Å²) >= 11 is 0. The van der Waals surface area contributed by atoms with E-state index in [0.717, 1.165) is 43.8 Å². The molecule has 6 rings (SSSR count). The number of para-hydroxylation sites is 2. The number of halogens is 6. The van der Waals surface area contributed by atoms with Gasteiger partial charge < -0.3 is 18.7 Å². The largest absolute Gasteiger partial charge is 0.478 e. The fraction of sp³-hybridized carbons (Fsp3) is 0.0909. The summed E-state index contributed by atoms with van der Waals surface area (Å²) in [6.45, 7) is 0. The summed E-state index contributed by atoms with van der Waals surface area (Å²) in [6.07, 6.45) is -7.53. The van der Waals surface area contributed by atoms with Gasteiger partial charge in [-0.25, -0.2) is 9.59 Å². The Morgan fingerprint density at radius 3 is 1.51 bits per heavy atom. The maximum atomic E-state index is 13.2. The van der Waals surface area contributed by atoms with Crippen LogP contribution in [0.4, 0.5) is 26.3 Å². The van der Waals surface area contributed by atoms with Crippen LogP contribution < -0.4 is 10.9 Å². The minimum atomic E-state index is -4.75. The number of carbonyl (C=O) groups is 2. The van der Waals surface area contributed by atoms with Gasteiger partial charge in [0, 0.05) is 35.7 Å². The zero-order valence-corrected chi connectivity index (χ0v) is 24.6. The van der Waals surface area contributed by atoms with Crippen molar-refractivity contribution in [2.45, 2.75) is 12.4 Å². The fourth-order valence-electron chi connectivity index (χ4n) is 4.72.